The molecule has 0 spiro atoms. The smallest absolute Gasteiger partial charge is 0.263 e. The minimum Gasteiger partial charge on any atom is -0.351 e. The highest BCUT2D eigenvalue weighted by atomic mass is 35.5. The van der Waals surface area contributed by atoms with Crippen LogP contribution in [0.25, 0.3) is 0 Å². The first-order valence-electron chi connectivity index (χ1n) is 6.91. The third-order valence-corrected chi connectivity index (χ3v) is 4.26. The molecule has 0 aromatic carbocycles. The fraction of sp³-hybridized carbons (Fsp3) is 0.714. The molecule has 2 rings (SSSR count). The fourth-order valence-corrected chi connectivity index (χ4v) is 3.27. The van der Waals surface area contributed by atoms with E-state index in [1.54, 1.807) is 5.51 Å². The van der Waals surface area contributed by atoms with Crippen LogP contribution in [0.4, 0.5) is 0 Å². The number of halogens is 2. The van der Waals surface area contributed by atoms with Crippen molar-refractivity contribution < 1.29 is 4.79 Å². The van der Waals surface area contributed by atoms with Gasteiger partial charge in [-0.2, -0.15) is 0 Å². The van der Waals surface area contributed by atoms with Crippen molar-refractivity contribution in [1.29, 1.82) is 0 Å². The van der Waals surface area contributed by atoms with Crippen molar-refractivity contribution in [2.75, 3.05) is 19.6 Å². The number of nitrogens with one attached hydrogen (secondary N) is 2. The van der Waals surface area contributed by atoms with Gasteiger partial charge in [0, 0.05) is 12.0 Å². The molecule has 2 heterocycles. The highest BCUT2D eigenvalue weighted by Crippen LogP contribution is 2.27. The van der Waals surface area contributed by atoms with Crippen molar-refractivity contribution in [3.63, 3.8) is 0 Å². The van der Waals surface area contributed by atoms with Gasteiger partial charge >= 0.3 is 0 Å². The first-order chi connectivity index (χ1) is 8.98. The van der Waals surface area contributed by atoms with Crippen molar-refractivity contribution in [2.24, 2.45) is 5.92 Å². The summed E-state index contributed by atoms with van der Waals surface area (Å²) in [6.45, 7) is 9.13. The van der Waals surface area contributed by atoms with Crippen LogP contribution in [0, 0.1) is 5.92 Å². The lowest BCUT2D eigenvalue weighted by Gasteiger charge is -2.23. The van der Waals surface area contributed by atoms with Gasteiger partial charge in [-0.15, -0.1) is 36.2 Å². The Morgan fingerprint density at radius 2 is 2.19 bits per heavy atom. The maximum atomic E-state index is 12.3. The normalized spacial score (nSPS) is 18.3. The summed E-state index contributed by atoms with van der Waals surface area (Å²) in [5, 5.41) is 6.43. The zero-order valence-corrected chi connectivity index (χ0v) is 15.2. The van der Waals surface area contributed by atoms with Gasteiger partial charge in [0.15, 0.2) is 0 Å². The van der Waals surface area contributed by atoms with Crippen molar-refractivity contribution in [2.45, 2.75) is 39.0 Å². The molecular weight excluding hydrogens is 329 g/mol. The van der Waals surface area contributed by atoms with Crippen LogP contribution < -0.4 is 10.6 Å². The standard InChI is InChI=1S/C14H23N3OS.2ClH/c1-14(2,3)12-11(19-9-17-12)13(18)16-8-10-5-4-6-15-7-10;;/h9-10,15H,4-8H2,1-3H3,(H,16,18);2*1H. The van der Waals surface area contributed by atoms with Gasteiger partial charge in [-0.3, -0.25) is 4.79 Å². The molecule has 1 unspecified atom stereocenters. The third kappa shape index (κ3) is 5.74. The molecule has 0 bridgehead atoms. The van der Waals surface area contributed by atoms with Crippen LogP contribution in [0.1, 0.15) is 49.0 Å². The van der Waals surface area contributed by atoms with E-state index >= 15 is 0 Å². The number of piperidine rings is 1. The molecule has 1 fully saturated rings. The minimum absolute atomic E-state index is 0. The SMILES string of the molecule is CC(C)(C)c1ncsc1C(=O)NCC1CCCNC1.Cl.Cl. The number of rotatable bonds is 3. The maximum Gasteiger partial charge on any atom is 0.263 e. The largest absolute Gasteiger partial charge is 0.351 e. The Hall–Kier alpha value is -0.360. The molecule has 2 N–H and O–H groups in total. The molecular formula is C14H25Cl2N3OS. The molecule has 1 aromatic rings. The zero-order valence-electron chi connectivity index (χ0n) is 12.8. The number of thiazole rings is 1. The van der Waals surface area contributed by atoms with E-state index in [0.717, 1.165) is 30.2 Å². The van der Waals surface area contributed by atoms with Gasteiger partial charge in [-0.1, -0.05) is 20.8 Å². The van der Waals surface area contributed by atoms with Gasteiger partial charge in [0.1, 0.15) is 4.88 Å². The van der Waals surface area contributed by atoms with Crippen LogP contribution >= 0.6 is 36.2 Å². The Morgan fingerprint density at radius 1 is 1.48 bits per heavy atom. The lowest BCUT2D eigenvalue weighted by atomic mass is 9.91. The minimum atomic E-state index is -0.0843. The summed E-state index contributed by atoms with van der Waals surface area (Å²) >= 11 is 1.43. The first kappa shape index (κ1) is 20.6. The van der Waals surface area contributed by atoms with Crippen LogP contribution in [-0.4, -0.2) is 30.5 Å². The van der Waals surface area contributed by atoms with E-state index < -0.39 is 0 Å². The highest BCUT2D eigenvalue weighted by molar-refractivity contribution is 7.11. The van der Waals surface area contributed by atoms with E-state index in [9.17, 15) is 4.79 Å². The lowest BCUT2D eigenvalue weighted by molar-refractivity contribution is 0.0946. The first-order valence-corrected chi connectivity index (χ1v) is 7.79. The molecule has 1 amide bonds. The van der Waals surface area contributed by atoms with Gasteiger partial charge in [0.2, 0.25) is 0 Å². The average Bonchev–Trinajstić information content (AvgIpc) is 2.86. The molecule has 1 aliphatic heterocycles. The molecule has 0 radical (unpaired) electrons. The van der Waals surface area contributed by atoms with Gasteiger partial charge in [-0.25, -0.2) is 4.98 Å². The van der Waals surface area contributed by atoms with E-state index in [4.69, 9.17) is 0 Å². The Bertz CT molecular complexity index is 440. The Kier molecular flexibility index (Phi) is 8.78. The second-order valence-electron chi connectivity index (χ2n) is 6.20. The Balaban J connectivity index is 0.00000200. The number of nitrogens with zero attached hydrogens (tertiary/aromatic N) is 1. The number of carbonyl (C=O) groups excluding carboxylic acids is 1. The van der Waals surface area contributed by atoms with Crippen LogP contribution in [0.3, 0.4) is 0 Å². The van der Waals surface area contributed by atoms with Crippen molar-refractivity contribution in [1.82, 2.24) is 15.6 Å². The summed E-state index contributed by atoms with van der Waals surface area (Å²) in [5.41, 5.74) is 2.58. The fourth-order valence-electron chi connectivity index (χ4n) is 2.36. The predicted molar refractivity (Wildman–Crippen MR) is 93.2 cm³/mol. The topological polar surface area (TPSA) is 54.0 Å². The Morgan fingerprint density at radius 3 is 2.76 bits per heavy atom. The maximum absolute atomic E-state index is 12.3. The Labute approximate surface area is 143 Å². The zero-order chi connectivity index (χ0) is 13.9. The van der Waals surface area contributed by atoms with Crippen molar-refractivity contribution in [3.8, 4) is 0 Å². The van der Waals surface area contributed by atoms with E-state index in [-0.39, 0.29) is 36.1 Å². The number of hydrogen-bond acceptors (Lipinski definition) is 4. The molecule has 0 saturated carbocycles. The van der Waals surface area contributed by atoms with E-state index in [0.29, 0.717) is 5.92 Å². The van der Waals surface area contributed by atoms with Crippen LogP contribution in [-0.2, 0) is 5.41 Å². The quantitative estimate of drug-likeness (QED) is 0.877. The van der Waals surface area contributed by atoms with Crippen molar-refractivity contribution >= 4 is 42.1 Å². The van der Waals surface area contributed by atoms with E-state index in [1.165, 1.54) is 24.2 Å². The monoisotopic (exact) mass is 353 g/mol. The van der Waals surface area contributed by atoms with Gasteiger partial charge in [0.05, 0.1) is 11.2 Å². The molecule has 21 heavy (non-hydrogen) atoms. The molecule has 7 heteroatoms. The summed E-state index contributed by atoms with van der Waals surface area (Å²) in [5.74, 6) is 0.585. The molecule has 1 atom stereocenters. The second kappa shape index (κ2) is 8.93. The predicted octanol–water partition coefficient (Wildman–Crippen LogP) is 3.01. The van der Waals surface area contributed by atoms with Crippen molar-refractivity contribution in [3.05, 3.63) is 16.1 Å². The third-order valence-electron chi connectivity index (χ3n) is 3.43. The number of carbonyl (C=O) groups is 1. The van der Waals surface area contributed by atoms with E-state index in [2.05, 4.69) is 36.4 Å². The van der Waals surface area contributed by atoms with Gasteiger partial charge in [0.25, 0.3) is 5.91 Å². The lowest BCUT2D eigenvalue weighted by Crippen LogP contribution is -2.38. The molecule has 1 saturated heterocycles. The van der Waals surface area contributed by atoms with Crippen LogP contribution in [0.5, 0.6) is 0 Å². The summed E-state index contributed by atoms with van der Waals surface area (Å²) in [6, 6.07) is 0. The van der Waals surface area contributed by atoms with Gasteiger partial charge in [-0.05, 0) is 31.8 Å². The molecule has 4 nitrogen and oxygen atoms in total. The molecule has 122 valence electrons. The molecule has 1 aliphatic rings. The van der Waals surface area contributed by atoms with Crippen LogP contribution in [0.15, 0.2) is 5.51 Å². The molecule has 0 aliphatic carbocycles. The summed E-state index contributed by atoms with van der Waals surface area (Å²) in [4.78, 5) is 17.4. The second-order valence-corrected chi connectivity index (χ2v) is 7.06. The summed E-state index contributed by atoms with van der Waals surface area (Å²) < 4.78 is 0. The highest BCUT2D eigenvalue weighted by Gasteiger charge is 2.25. The van der Waals surface area contributed by atoms with Crippen LogP contribution in [0.2, 0.25) is 0 Å². The molecule has 1 aromatic heterocycles. The number of amides is 1. The number of aromatic nitrogens is 1. The summed E-state index contributed by atoms with van der Waals surface area (Å²) in [6.07, 6.45) is 2.40. The number of hydrogen-bond donors (Lipinski definition) is 2. The van der Waals surface area contributed by atoms with E-state index in [1.807, 2.05) is 0 Å². The van der Waals surface area contributed by atoms with Gasteiger partial charge < -0.3 is 10.6 Å². The average molecular weight is 354 g/mol. The summed E-state index contributed by atoms with van der Waals surface area (Å²) in [7, 11) is 0.